The zero-order chi connectivity index (χ0) is 7.44. The number of amidine groups is 1. The maximum Gasteiger partial charge on any atom is 0.118 e. The molecule has 0 rings (SSSR count). The lowest BCUT2D eigenvalue weighted by Crippen LogP contribution is -2.11. The zero-order valence-electron chi connectivity index (χ0n) is 6.23. The summed E-state index contributed by atoms with van der Waals surface area (Å²) in [4.78, 5) is 0. The van der Waals surface area contributed by atoms with Gasteiger partial charge in [0.15, 0.2) is 0 Å². The highest BCUT2D eigenvalue weighted by Crippen LogP contribution is 1.99. The van der Waals surface area contributed by atoms with Crippen LogP contribution in [0, 0.1) is 11.3 Å². The van der Waals surface area contributed by atoms with Crippen molar-refractivity contribution in [2.45, 2.75) is 20.8 Å². The van der Waals surface area contributed by atoms with Crippen molar-refractivity contribution in [1.82, 2.24) is 0 Å². The van der Waals surface area contributed by atoms with Crippen molar-refractivity contribution in [2.75, 3.05) is 0 Å². The van der Waals surface area contributed by atoms with Gasteiger partial charge >= 0.3 is 0 Å². The first-order chi connectivity index (χ1) is 4.04. The minimum Gasteiger partial charge on any atom is -0.384 e. The molecule has 0 heterocycles. The van der Waals surface area contributed by atoms with Gasteiger partial charge in [-0.15, -0.1) is 0 Å². The van der Waals surface area contributed by atoms with E-state index in [1.165, 1.54) is 0 Å². The fraction of sp³-hybridized carbons (Fsp3) is 0.571. The molecule has 0 bridgehead atoms. The molecule has 2 nitrogen and oxygen atoms in total. The van der Waals surface area contributed by atoms with E-state index in [4.69, 9.17) is 11.1 Å². The first-order valence-corrected chi connectivity index (χ1v) is 3.07. The highest BCUT2D eigenvalue weighted by Gasteiger charge is 1.92. The summed E-state index contributed by atoms with van der Waals surface area (Å²) >= 11 is 0. The molecule has 0 spiro atoms. The Balaban J connectivity index is 4.00. The summed E-state index contributed by atoms with van der Waals surface area (Å²) in [6.07, 6.45) is 1.97. The van der Waals surface area contributed by atoms with Crippen LogP contribution in [-0.4, -0.2) is 5.84 Å². The zero-order valence-corrected chi connectivity index (χ0v) is 6.23. The molecule has 52 valence electrons. The van der Waals surface area contributed by atoms with E-state index in [9.17, 15) is 0 Å². The van der Waals surface area contributed by atoms with Gasteiger partial charge in [-0.05, 0) is 18.4 Å². The van der Waals surface area contributed by atoms with Crippen LogP contribution < -0.4 is 5.73 Å². The minimum atomic E-state index is 0.170. The van der Waals surface area contributed by atoms with Crippen molar-refractivity contribution in [3.63, 3.8) is 0 Å². The maximum absolute atomic E-state index is 7.00. The lowest BCUT2D eigenvalue weighted by Gasteiger charge is -1.98. The number of nitrogens with one attached hydrogen (secondary N) is 1. The molecule has 3 N–H and O–H groups in total. The van der Waals surface area contributed by atoms with Crippen LogP contribution in [0.2, 0.25) is 0 Å². The summed E-state index contributed by atoms with van der Waals surface area (Å²) in [5.74, 6) is 0.651. The van der Waals surface area contributed by atoms with Crippen molar-refractivity contribution in [3.05, 3.63) is 11.6 Å². The number of nitrogens with two attached hydrogens (primary N) is 1. The summed E-state index contributed by atoms with van der Waals surface area (Å²) in [6, 6.07) is 0. The molecule has 0 aliphatic rings. The Bertz CT molecular complexity index is 134. The second-order valence-corrected chi connectivity index (χ2v) is 2.51. The van der Waals surface area contributed by atoms with Crippen LogP contribution >= 0.6 is 0 Å². The smallest absolute Gasteiger partial charge is 0.118 e. The molecular weight excluding hydrogens is 112 g/mol. The van der Waals surface area contributed by atoms with Crippen LogP contribution in [0.25, 0.3) is 0 Å². The highest BCUT2D eigenvalue weighted by molar-refractivity contribution is 5.93. The monoisotopic (exact) mass is 126 g/mol. The molecule has 0 saturated carbocycles. The second kappa shape index (κ2) is 3.28. The lowest BCUT2D eigenvalue weighted by molar-refractivity contribution is 0.826. The fourth-order valence-corrected chi connectivity index (χ4v) is 0.590. The van der Waals surface area contributed by atoms with E-state index in [1.807, 2.05) is 13.0 Å². The summed E-state index contributed by atoms with van der Waals surface area (Å²) in [6.45, 7) is 5.97. The normalized spacial score (nSPS) is 12.2. The Morgan fingerprint density at radius 2 is 2.00 bits per heavy atom. The molecule has 0 aromatic rings. The van der Waals surface area contributed by atoms with Crippen LogP contribution in [0.4, 0.5) is 0 Å². The SMILES string of the molecule is C/C(=C\C(C)C)C(=N)N. The van der Waals surface area contributed by atoms with Crippen molar-refractivity contribution in [3.8, 4) is 0 Å². The van der Waals surface area contributed by atoms with Crippen LogP contribution in [0.3, 0.4) is 0 Å². The second-order valence-electron chi connectivity index (χ2n) is 2.51. The predicted molar refractivity (Wildman–Crippen MR) is 40.5 cm³/mol. The van der Waals surface area contributed by atoms with E-state index in [2.05, 4.69) is 13.8 Å². The van der Waals surface area contributed by atoms with Crippen LogP contribution in [0.1, 0.15) is 20.8 Å². The predicted octanol–water partition coefficient (Wildman–Crippen LogP) is 1.52. The molecule has 0 unspecified atom stereocenters. The summed E-state index contributed by atoms with van der Waals surface area (Å²) in [7, 11) is 0. The highest BCUT2D eigenvalue weighted by atomic mass is 14.7. The molecule has 0 atom stereocenters. The molecule has 0 aliphatic carbocycles. The lowest BCUT2D eigenvalue weighted by atomic mass is 10.1. The van der Waals surface area contributed by atoms with Gasteiger partial charge in [0.1, 0.15) is 5.84 Å². The van der Waals surface area contributed by atoms with Crippen molar-refractivity contribution in [2.24, 2.45) is 11.7 Å². The van der Waals surface area contributed by atoms with E-state index >= 15 is 0 Å². The van der Waals surface area contributed by atoms with Crippen molar-refractivity contribution < 1.29 is 0 Å². The molecule has 0 amide bonds. The maximum atomic E-state index is 7.00. The van der Waals surface area contributed by atoms with E-state index in [0.717, 1.165) is 5.57 Å². The van der Waals surface area contributed by atoms with Gasteiger partial charge < -0.3 is 5.73 Å². The van der Waals surface area contributed by atoms with Gasteiger partial charge in [-0.2, -0.15) is 0 Å². The Labute approximate surface area is 56.3 Å². The van der Waals surface area contributed by atoms with E-state index in [0.29, 0.717) is 5.92 Å². The average Bonchev–Trinajstić information content (AvgIpc) is 1.63. The Morgan fingerprint density at radius 1 is 1.56 bits per heavy atom. The Morgan fingerprint density at radius 3 is 2.11 bits per heavy atom. The van der Waals surface area contributed by atoms with Crippen LogP contribution in [0.15, 0.2) is 11.6 Å². The third-order valence-corrected chi connectivity index (χ3v) is 1.01. The number of hydrogen-bond donors (Lipinski definition) is 2. The molecule has 0 aromatic carbocycles. The van der Waals surface area contributed by atoms with Gasteiger partial charge in [-0.3, -0.25) is 5.41 Å². The molecule has 0 fully saturated rings. The minimum absolute atomic E-state index is 0.170. The third kappa shape index (κ3) is 3.76. The number of rotatable bonds is 2. The van der Waals surface area contributed by atoms with Crippen molar-refractivity contribution >= 4 is 5.84 Å². The van der Waals surface area contributed by atoms with Gasteiger partial charge in [-0.1, -0.05) is 19.9 Å². The van der Waals surface area contributed by atoms with E-state index in [1.54, 1.807) is 0 Å². The first kappa shape index (κ1) is 8.21. The molecule has 0 radical (unpaired) electrons. The molecule has 9 heavy (non-hydrogen) atoms. The van der Waals surface area contributed by atoms with Gasteiger partial charge in [0.25, 0.3) is 0 Å². The van der Waals surface area contributed by atoms with Crippen LogP contribution in [0.5, 0.6) is 0 Å². The molecule has 0 saturated heterocycles. The van der Waals surface area contributed by atoms with Gasteiger partial charge in [0, 0.05) is 0 Å². The molecule has 0 aromatic heterocycles. The van der Waals surface area contributed by atoms with Gasteiger partial charge in [0.05, 0.1) is 0 Å². The summed E-state index contributed by atoms with van der Waals surface area (Å²) < 4.78 is 0. The topological polar surface area (TPSA) is 49.9 Å². The quantitative estimate of drug-likeness (QED) is 0.428. The first-order valence-electron chi connectivity index (χ1n) is 3.07. The van der Waals surface area contributed by atoms with Crippen LogP contribution in [-0.2, 0) is 0 Å². The Kier molecular flexibility index (Phi) is 2.99. The number of hydrogen-bond acceptors (Lipinski definition) is 1. The number of allylic oxidation sites excluding steroid dienone is 1. The fourth-order valence-electron chi connectivity index (χ4n) is 0.590. The van der Waals surface area contributed by atoms with Crippen molar-refractivity contribution in [1.29, 1.82) is 5.41 Å². The largest absolute Gasteiger partial charge is 0.384 e. The third-order valence-electron chi connectivity index (χ3n) is 1.01. The van der Waals surface area contributed by atoms with E-state index in [-0.39, 0.29) is 5.84 Å². The molecule has 0 aliphatic heterocycles. The molecule has 2 heteroatoms. The molecular formula is C7H14N2. The summed E-state index contributed by atoms with van der Waals surface area (Å²) in [5, 5.41) is 7.00. The van der Waals surface area contributed by atoms with E-state index < -0.39 is 0 Å². The van der Waals surface area contributed by atoms with Gasteiger partial charge in [0.2, 0.25) is 0 Å². The average molecular weight is 126 g/mol. The summed E-state index contributed by atoms with van der Waals surface area (Å²) in [5.41, 5.74) is 6.06. The standard InChI is InChI=1S/C7H14N2/c1-5(2)4-6(3)7(8)9/h4-5H,1-3H3,(H3,8,9)/b6-4+. The Hall–Kier alpha value is -0.790. The van der Waals surface area contributed by atoms with Gasteiger partial charge in [-0.25, -0.2) is 0 Å².